The smallest absolute Gasteiger partial charge is 0.161 e. The van der Waals surface area contributed by atoms with E-state index in [1.165, 1.54) is 6.92 Å². The Labute approximate surface area is 118 Å². The van der Waals surface area contributed by atoms with Gasteiger partial charge >= 0.3 is 0 Å². The zero-order chi connectivity index (χ0) is 14.2. The quantitative estimate of drug-likeness (QED) is 0.803. The van der Waals surface area contributed by atoms with E-state index in [1.54, 1.807) is 18.2 Å². The number of Topliss-reactive ketones (excluding diaryl/α,β-unsaturated/α-hetero) is 1. The Morgan fingerprint density at radius 3 is 2.58 bits per heavy atom. The van der Waals surface area contributed by atoms with Crippen LogP contribution in [-0.2, 0) is 9.84 Å². The topological polar surface area (TPSA) is 54.5 Å². The molecule has 1 unspecified atom stereocenters. The minimum absolute atomic E-state index is 0.0238. The third kappa shape index (κ3) is 3.09. The fourth-order valence-electron chi connectivity index (χ4n) is 2.30. The van der Waals surface area contributed by atoms with Gasteiger partial charge in [0.15, 0.2) is 15.6 Å². The Balaban J connectivity index is 2.23. The fourth-order valence-corrected chi connectivity index (χ4v) is 4.38. The number of benzene rings is 1. The summed E-state index contributed by atoms with van der Waals surface area (Å²) < 4.78 is 23.0. The van der Waals surface area contributed by atoms with Gasteiger partial charge < -0.3 is 4.90 Å². The van der Waals surface area contributed by atoms with Crippen molar-refractivity contribution in [1.82, 2.24) is 0 Å². The van der Waals surface area contributed by atoms with Gasteiger partial charge in [0.1, 0.15) is 0 Å². The monoisotopic (exact) mass is 301 g/mol. The Bertz CT molecular complexity index is 612. The molecule has 1 aromatic rings. The van der Waals surface area contributed by atoms with Crippen molar-refractivity contribution in [1.29, 1.82) is 0 Å². The van der Waals surface area contributed by atoms with Gasteiger partial charge in [0.2, 0.25) is 0 Å². The normalized spacial score (nSPS) is 21.3. The number of hydrogen-bond acceptors (Lipinski definition) is 4. The third-order valence-corrected chi connectivity index (χ3v) is 5.56. The van der Waals surface area contributed by atoms with Gasteiger partial charge in [0.25, 0.3) is 0 Å². The second-order valence-corrected chi connectivity index (χ2v) is 7.52. The molecule has 1 aliphatic heterocycles. The maximum atomic E-state index is 11.5. The molecule has 0 radical (unpaired) electrons. The van der Waals surface area contributed by atoms with E-state index in [0.29, 0.717) is 17.0 Å². The molecule has 0 aliphatic carbocycles. The summed E-state index contributed by atoms with van der Waals surface area (Å²) in [6.45, 7) is 1.47. The first kappa shape index (κ1) is 14.3. The van der Waals surface area contributed by atoms with Crippen molar-refractivity contribution in [2.24, 2.45) is 0 Å². The molecule has 2 rings (SSSR count). The lowest BCUT2D eigenvalue weighted by molar-refractivity contribution is 0.101. The predicted molar refractivity (Wildman–Crippen MR) is 76.9 cm³/mol. The van der Waals surface area contributed by atoms with Crippen LogP contribution in [0.1, 0.15) is 23.7 Å². The van der Waals surface area contributed by atoms with E-state index >= 15 is 0 Å². The van der Waals surface area contributed by atoms with E-state index in [4.69, 9.17) is 11.6 Å². The summed E-state index contributed by atoms with van der Waals surface area (Å²) >= 11 is 6.07. The van der Waals surface area contributed by atoms with Crippen molar-refractivity contribution in [2.75, 3.05) is 23.5 Å². The average molecular weight is 302 g/mol. The highest BCUT2D eigenvalue weighted by Gasteiger charge is 2.30. The van der Waals surface area contributed by atoms with Gasteiger partial charge in [-0.05, 0) is 31.5 Å². The van der Waals surface area contributed by atoms with E-state index in [-0.39, 0.29) is 23.3 Å². The molecule has 0 amide bonds. The Kier molecular flexibility index (Phi) is 3.87. The lowest BCUT2D eigenvalue weighted by Crippen LogP contribution is -2.32. The zero-order valence-corrected chi connectivity index (χ0v) is 12.5. The summed E-state index contributed by atoms with van der Waals surface area (Å²) in [6.07, 6.45) is 0.630. The summed E-state index contributed by atoms with van der Waals surface area (Å²) in [7, 11) is -1.06. The van der Waals surface area contributed by atoms with Crippen LogP contribution in [0.2, 0.25) is 5.02 Å². The molecule has 1 aromatic carbocycles. The number of carbonyl (C=O) groups excluding carboxylic acids is 1. The molecule has 1 heterocycles. The van der Waals surface area contributed by atoms with E-state index < -0.39 is 9.84 Å². The standard InChI is InChI=1S/C13H16ClNO3S/c1-9(16)12-4-3-10(7-13(12)14)15(2)11-5-6-19(17,18)8-11/h3-4,7,11H,5-6,8H2,1-2H3. The number of nitrogens with zero attached hydrogens (tertiary/aromatic N) is 1. The van der Waals surface area contributed by atoms with Gasteiger partial charge in [0.05, 0.1) is 16.5 Å². The molecule has 6 heteroatoms. The van der Waals surface area contributed by atoms with Gasteiger partial charge in [-0.15, -0.1) is 0 Å². The highest BCUT2D eigenvalue weighted by Crippen LogP contribution is 2.27. The highest BCUT2D eigenvalue weighted by molar-refractivity contribution is 7.91. The fraction of sp³-hybridized carbons (Fsp3) is 0.462. The molecular weight excluding hydrogens is 286 g/mol. The number of carbonyl (C=O) groups is 1. The van der Waals surface area contributed by atoms with Crippen LogP contribution in [0.3, 0.4) is 0 Å². The molecular formula is C13H16ClNO3S. The molecule has 0 aromatic heterocycles. The van der Waals surface area contributed by atoms with Gasteiger partial charge in [0, 0.05) is 24.3 Å². The van der Waals surface area contributed by atoms with Gasteiger partial charge in [-0.1, -0.05) is 11.6 Å². The third-order valence-electron chi connectivity index (χ3n) is 3.50. The average Bonchev–Trinajstić information content (AvgIpc) is 2.68. The molecule has 0 bridgehead atoms. The number of ketones is 1. The van der Waals surface area contributed by atoms with Crippen molar-refractivity contribution in [2.45, 2.75) is 19.4 Å². The minimum atomic E-state index is -2.91. The molecule has 1 fully saturated rings. The molecule has 0 spiro atoms. The van der Waals surface area contributed by atoms with Crippen LogP contribution in [-0.4, -0.2) is 38.8 Å². The molecule has 0 saturated carbocycles. The first-order chi connectivity index (χ1) is 8.80. The van der Waals surface area contributed by atoms with Crippen LogP contribution < -0.4 is 4.90 Å². The maximum Gasteiger partial charge on any atom is 0.161 e. The molecule has 1 saturated heterocycles. The summed E-state index contributed by atoms with van der Waals surface area (Å²) in [5.41, 5.74) is 1.31. The Morgan fingerprint density at radius 2 is 2.11 bits per heavy atom. The van der Waals surface area contributed by atoms with Crippen LogP contribution in [0, 0.1) is 0 Å². The SMILES string of the molecule is CC(=O)c1ccc(N(C)C2CCS(=O)(=O)C2)cc1Cl. The second-order valence-electron chi connectivity index (χ2n) is 4.89. The maximum absolute atomic E-state index is 11.5. The minimum Gasteiger partial charge on any atom is -0.371 e. The van der Waals surface area contributed by atoms with Crippen molar-refractivity contribution >= 4 is 32.9 Å². The molecule has 1 aliphatic rings. The lowest BCUT2D eigenvalue weighted by atomic mass is 10.1. The number of rotatable bonds is 3. The van der Waals surface area contributed by atoms with E-state index in [0.717, 1.165) is 5.69 Å². The van der Waals surface area contributed by atoms with Crippen LogP contribution in [0.5, 0.6) is 0 Å². The van der Waals surface area contributed by atoms with Gasteiger partial charge in [-0.3, -0.25) is 4.79 Å². The summed E-state index contributed by atoms with van der Waals surface area (Å²) in [5.74, 6) is 0.333. The molecule has 1 atom stereocenters. The number of sulfone groups is 1. The van der Waals surface area contributed by atoms with Crippen molar-refractivity contribution < 1.29 is 13.2 Å². The van der Waals surface area contributed by atoms with Gasteiger partial charge in [-0.25, -0.2) is 8.42 Å². The van der Waals surface area contributed by atoms with Crippen molar-refractivity contribution in [3.05, 3.63) is 28.8 Å². The summed E-state index contributed by atoms with van der Waals surface area (Å²) in [6, 6.07) is 5.17. The first-order valence-corrected chi connectivity index (χ1v) is 8.24. The summed E-state index contributed by atoms with van der Waals surface area (Å²) in [4.78, 5) is 13.2. The number of hydrogen-bond donors (Lipinski definition) is 0. The van der Waals surface area contributed by atoms with Crippen molar-refractivity contribution in [3.8, 4) is 0 Å². The van der Waals surface area contributed by atoms with Crippen LogP contribution in [0.25, 0.3) is 0 Å². The molecule has 104 valence electrons. The molecule has 19 heavy (non-hydrogen) atoms. The Morgan fingerprint density at radius 1 is 1.42 bits per heavy atom. The largest absolute Gasteiger partial charge is 0.371 e. The van der Waals surface area contributed by atoms with Gasteiger partial charge in [-0.2, -0.15) is 0 Å². The Hall–Kier alpha value is -1.07. The van der Waals surface area contributed by atoms with E-state index in [9.17, 15) is 13.2 Å². The second kappa shape index (κ2) is 5.13. The van der Waals surface area contributed by atoms with Crippen LogP contribution in [0.4, 0.5) is 5.69 Å². The van der Waals surface area contributed by atoms with Crippen LogP contribution >= 0.6 is 11.6 Å². The van der Waals surface area contributed by atoms with E-state index in [1.807, 2.05) is 11.9 Å². The zero-order valence-electron chi connectivity index (χ0n) is 10.9. The van der Waals surface area contributed by atoms with E-state index in [2.05, 4.69) is 0 Å². The summed E-state index contributed by atoms with van der Waals surface area (Å²) in [5, 5.41) is 0.401. The predicted octanol–water partition coefficient (Wildman–Crippen LogP) is 2.17. The highest BCUT2D eigenvalue weighted by atomic mass is 35.5. The first-order valence-electron chi connectivity index (χ1n) is 6.04. The molecule has 0 N–H and O–H groups in total. The number of halogens is 1. The van der Waals surface area contributed by atoms with Crippen LogP contribution in [0.15, 0.2) is 18.2 Å². The lowest BCUT2D eigenvalue weighted by Gasteiger charge is -2.26. The number of anilines is 1. The molecule has 4 nitrogen and oxygen atoms in total. The van der Waals surface area contributed by atoms with Crippen molar-refractivity contribution in [3.63, 3.8) is 0 Å².